The molecule has 1 aliphatic heterocycles. The molecule has 1 saturated heterocycles. The quantitative estimate of drug-likeness (QED) is 0.661. The average molecular weight is 428 g/mol. The topological polar surface area (TPSA) is 92.7 Å². The van der Waals surface area contributed by atoms with E-state index in [0.717, 1.165) is 0 Å². The largest absolute Gasteiger partial charge is 0.493 e. The van der Waals surface area contributed by atoms with E-state index < -0.39 is 11.7 Å². The van der Waals surface area contributed by atoms with Gasteiger partial charge in [0.25, 0.3) is 0 Å². The van der Waals surface area contributed by atoms with Gasteiger partial charge in [-0.25, -0.2) is 4.79 Å². The molecule has 0 bridgehead atoms. The Kier molecular flexibility index (Phi) is 7.74. The molecule has 1 aromatic rings. The van der Waals surface area contributed by atoms with E-state index >= 15 is 0 Å². The maximum Gasteiger partial charge on any atom is 0.409 e. The first-order valence-electron chi connectivity index (χ1n) is 9.19. The van der Waals surface area contributed by atoms with Crippen LogP contribution in [0.25, 0.3) is 0 Å². The lowest BCUT2D eigenvalue weighted by Crippen LogP contribution is -2.52. The van der Waals surface area contributed by atoms with Crippen LogP contribution >= 0.6 is 12.2 Å². The van der Waals surface area contributed by atoms with Gasteiger partial charge < -0.3 is 39.2 Å². The van der Waals surface area contributed by atoms with Gasteiger partial charge in [-0.2, -0.15) is 0 Å². The zero-order valence-corrected chi connectivity index (χ0v) is 18.3. The van der Waals surface area contributed by atoms with Gasteiger partial charge in [0.05, 0.1) is 32.6 Å². The summed E-state index contributed by atoms with van der Waals surface area (Å²) < 4.78 is 21.3. The van der Waals surface area contributed by atoms with Crippen LogP contribution in [-0.2, 0) is 4.74 Å². The van der Waals surface area contributed by atoms with Crippen LogP contribution in [0.15, 0.2) is 12.1 Å². The molecule has 29 heavy (non-hydrogen) atoms. The molecule has 0 aliphatic carbocycles. The number of rotatable bonds is 6. The van der Waals surface area contributed by atoms with Crippen LogP contribution < -0.4 is 19.5 Å². The minimum atomic E-state index is -1.05. The second-order valence-corrected chi connectivity index (χ2v) is 7.54. The van der Waals surface area contributed by atoms with Crippen molar-refractivity contribution in [2.75, 3.05) is 59.4 Å². The molecule has 1 amide bonds. The number of anilines is 1. The van der Waals surface area contributed by atoms with Crippen molar-refractivity contribution in [3.8, 4) is 17.2 Å². The SMILES string of the molecule is COc1ccc(NC(=S)N2CCN(C(=O)OCC(C)(C)O)CC2)c(OC)c1OC. The minimum absolute atomic E-state index is 0.0505. The zero-order chi connectivity index (χ0) is 21.6. The summed E-state index contributed by atoms with van der Waals surface area (Å²) >= 11 is 5.53. The van der Waals surface area contributed by atoms with Crippen LogP contribution in [-0.4, -0.2) is 85.8 Å². The summed E-state index contributed by atoms with van der Waals surface area (Å²) in [5.74, 6) is 1.52. The maximum absolute atomic E-state index is 12.1. The highest BCUT2D eigenvalue weighted by Gasteiger charge is 2.26. The fraction of sp³-hybridized carbons (Fsp3) is 0.579. The first kappa shape index (κ1) is 22.8. The van der Waals surface area contributed by atoms with Crippen molar-refractivity contribution < 1.29 is 28.8 Å². The molecule has 0 radical (unpaired) electrons. The number of benzene rings is 1. The lowest BCUT2D eigenvalue weighted by molar-refractivity contribution is -0.00616. The maximum atomic E-state index is 12.1. The van der Waals surface area contributed by atoms with Crippen molar-refractivity contribution >= 4 is 29.1 Å². The third kappa shape index (κ3) is 6.01. The highest BCUT2D eigenvalue weighted by atomic mass is 32.1. The van der Waals surface area contributed by atoms with Crippen LogP contribution in [0.4, 0.5) is 10.5 Å². The molecule has 0 spiro atoms. The van der Waals surface area contributed by atoms with E-state index in [1.54, 1.807) is 52.2 Å². The second-order valence-electron chi connectivity index (χ2n) is 7.15. The Bertz CT molecular complexity index is 729. The van der Waals surface area contributed by atoms with E-state index in [1.807, 2.05) is 4.90 Å². The second kappa shape index (κ2) is 9.84. The summed E-state index contributed by atoms with van der Waals surface area (Å²) in [6.07, 6.45) is -0.438. The molecule has 162 valence electrons. The number of methoxy groups -OCH3 is 3. The van der Waals surface area contributed by atoms with Gasteiger partial charge in [-0.05, 0) is 38.2 Å². The molecule has 0 aromatic heterocycles. The number of carbonyl (C=O) groups is 1. The summed E-state index contributed by atoms with van der Waals surface area (Å²) in [6, 6.07) is 3.57. The van der Waals surface area contributed by atoms with E-state index in [1.165, 1.54) is 0 Å². The van der Waals surface area contributed by atoms with Crippen molar-refractivity contribution in [2.24, 2.45) is 0 Å². The van der Waals surface area contributed by atoms with Gasteiger partial charge >= 0.3 is 6.09 Å². The van der Waals surface area contributed by atoms with Crippen LogP contribution in [0.5, 0.6) is 17.2 Å². The van der Waals surface area contributed by atoms with E-state index in [9.17, 15) is 9.90 Å². The Morgan fingerprint density at radius 2 is 1.66 bits per heavy atom. The molecule has 2 rings (SSSR count). The molecule has 1 fully saturated rings. The molecular formula is C19H29N3O6S. The van der Waals surface area contributed by atoms with Crippen LogP contribution in [0.3, 0.4) is 0 Å². The highest BCUT2D eigenvalue weighted by molar-refractivity contribution is 7.80. The number of carbonyl (C=O) groups excluding carboxylic acids is 1. The monoisotopic (exact) mass is 427 g/mol. The normalized spacial score (nSPS) is 14.3. The number of hydrogen-bond acceptors (Lipinski definition) is 7. The third-order valence-corrected chi connectivity index (χ3v) is 4.68. The van der Waals surface area contributed by atoms with Gasteiger partial charge in [0.15, 0.2) is 16.6 Å². The molecule has 1 heterocycles. The van der Waals surface area contributed by atoms with E-state index in [4.69, 9.17) is 31.2 Å². The third-order valence-electron chi connectivity index (χ3n) is 4.32. The van der Waals surface area contributed by atoms with Crippen molar-refractivity contribution in [1.29, 1.82) is 0 Å². The highest BCUT2D eigenvalue weighted by Crippen LogP contribution is 2.42. The van der Waals surface area contributed by atoms with Gasteiger partial charge in [0, 0.05) is 26.2 Å². The zero-order valence-electron chi connectivity index (χ0n) is 17.5. The molecule has 9 nitrogen and oxygen atoms in total. The van der Waals surface area contributed by atoms with Crippen molar-refractivity contribution in [3.05, 3.63) is 12.1 Å². The lowest BCUT2D eigenvalue weighted by Gasteiger charge is -2.36. The Balaban J connectivity index is 1.96. The number of ether oxygens (including phenoxy) is 4. The summed E-state index contributed by atoms with van der Waals surface area (Å²) in [5.41, 5.74) is -0.399. The summed E-state index contributed by atoms with van der Waals surface area (Å²) in [5, 5.41) is 13.4. The van der Waals surface area contributed by atoms with Crippen molar-refractivity contribution in [1.82, 2.24) is 9.80 Å². The van der Waals surface area contributed by atoms with E-state index in [2.05, 4.69) is 5.32 Å². The number of aliphatic hydroxyl groups is 1. The smallest absolute Gasteiger partial charge is 0.409 e. The van der Waals surface area contributed by atoms with Crippen LogP contribution in [0, 0.1) is 0 Å². The Hall–Kier alpha value is -2.46. The van der Waals surface area contributed by atoms with Gasteiger partial charge in [-0.3, -0.25) is 0 Å². The Labute approximate surface area is 176 Å². The van der Waals surface area contributed by atoms with Gasteiger partial charge in [-0.15, -0.1) is 0 Å². The number of nitrogens with one attached hydrogen (secondary N) is 1. The van der Waals surface area contributed by atoms with Gasteiger partial charge in [-0.1, -0.05) is 0 Å². The molecule has 0 unspecified atom stereocenters. The number of nitrogens with zero attached hydrogens (tertiary/aromatic N) is 2. The summed E-state index contributed by atoms with van der Waals surface area (Å²) in [4.78, 5) is 15.7. The fourth-order valence-corrected chi connectivity index (χ4v) is 3.11. The molecule has 10 heteroatoms. The number of piperazine rings is 1. The predicted octanol–water partition coefficient (Wildman–Crippen LogP) is 1.93. The molecule has 0 saturated carbocycles. The Morgan fingerprint density at radius 3 is 2.17 bits per heavy atom. The van der Waals surface area contributed by atoms with Crippen LogP contribution in [0.2, 0.25) is 0 Å². The fourth-order valence-electron chi connectivity index (χ4n) is 2.82. The van der Waals surface area contributed by atoms with E-state index in [0.29, 0.717) is 54.2 Å². The summed E-state index contributed by atoms with van der Waals surface area (Å²) in [6.45, 7) is 5.17. The number of thiocarbonyl (C=S) groups is 1. The van der Waals surface area contributed by atoms with Gasteiger partial charge in [0.2, 0.25) is 5.75 Å². The minimum Gasteiger partial charge on any atom is -0.493 e. The lowest BCUT2D eigenvalue weighted by atomic mass is 10.2. The van der Waals surface area contributed by atoms with Crippen molar-refractivity contribution in [3.63, 3.8) is 0 Å². The number of hydrogen-bond donors (Lipinski definition) is 2. The van der Waals surface area contributed by atoms with Crippen molar-refractivity contribution in [2.45, 2.75) is 19.4 Å². The van der Waals surface area contributed by atoms with E-state index in [-0.39, 0.29) is 6.61 Å². The first-order chi connectivity index (χ1) is 13.7. The number of amides is 1. The Morgan fingerprint density at radius 1 is 1.07 bits per heavy atom. The van der Waals surface area contributed by atoms with Crippen LogP contribution in [0.1, 0.15) is 13.8 Å². The molecule has 2 N–H and O–H groups in total. The molecule has 0 atom stereocenters. The average Bonchev–Trinajstić information content (AvgIpc) is 2.70. The molecular weight excluding hydrogens is 398 g/mol. The standard InChI is InChI=1S/C19H29N3O6S/c1-19(2,24)12-28-18(23)22-10-8-21(9-11-22)17(29)20-13-6-7-14(25-3)16(27-5)15(13)26-4/h6-7,24H,8-12H2,1-5H3,(H,20,29). The summed E-state index contributed by atoms with van der Waals surface area (Å²) in [7, 11) is 4.64. The first-order valence-corrected chi connectivity index (χ1v) is 9.60. The molecule has 1 aromatic carbocycles. The molecule has 1 aliphatic rings. The predicted molar refractivity (Wildman–Crippen MR) is 113 cm³/mol. The van der Waals surface area contributed by atoms with Gasteiger partial charge in [0.1, 0.15) is 6.61 Å².